The molecule has 0 saturated heterocycles. The number of anilines is 2. The van der Waals surface area contributed by atoms with Crippen molar-refractivity contribution in [2.45, 2.75) is 4.90 Å². The molecule has 2 N–H and O–H groups in total. The van der Waals surface area contributed by atoms with Gasteiger partial charge in [0, 0.05) is 13.1 Å². The average Bonchev–Trinajstić information content (AvgIpc) is 2.43. The molecule has 1 aromatic heterocycles. The van der Waals surface area contributed by atoms with Crippen molar-refractivity contribution in [3.63, 3.8) is 0 Å². The molecular formula is C11H10F2N4O2S. The second-order valence-electron chi connectivity index (χ2n) is 3.72. The lowest BCUT2D eigenvalue weighted by molar-refractivity contribution is 0.594. The summed E-state index contributed by atoms with van der Waals surface area (Å²) in [5.74, 6) is -1.41. The molecule has 0 spiro atoms. The third-order valence-corrected chi connectivity index (χ3v) is 3.65. The maximum absolute atomic E-state index is 13.4. The van der Waals surface area contributed by atoms with E-state index in [1.165, 1.54) is 0 Å². The summed E-state index contributed by atoms with van der Waals surface area (Å²) in [5, 5.41) is 2.62. The van der Waals surface area contributed by atoms with Gasteiger partial charge in [0.25, 0.3) is 10.0 Å². The molecule has 2 aromatic rings. The van der Waals surface area contributed by atoms with E-state index in [2.05, 4.69) is 15.3 Å². The molecule has 0 aliphatic heterocycles. The third kappa shape index (κ3) is 2.99. The molecule has 2 rings (SSSR count). The van der Waals surface area contributed by atoms with Crippen LogP contribution in [-0.2, 0) is 10.0 Å². The number of rotatable bonds is 4. The molecule has 0 fully saturated rings. The van der Waals surface area contributed by atoms with Crippen LogP contribution >= 0.6 is 0 Å². The fourth-order valence-corrected chi connectivity index (χ4v) is 2.31. The molecule has 0 aliphatic carbocycles. The summed E-state index contributed by atoms with van der Waals surface area (Å²) < 4.78 is 52.3. The van der Waals surface area contributed by atoms with Crippen LogP contribution < -0.4 is 10.0 Å². The first-order chi connectivity index (χ1) is 9.42. The molecule has 0 unspecified atom stereocenters. The summed E-state index contributed by atoms with van der Waals surface area (Å²) in [5.41, 5.74) is -0.484. The standard InChI is InChI=1S/C11H10F2N4O2S/c1-14-11-15-5-8(6-16-11)20(18,19)17-10-4-7(12)2-3-9(10)13/h2-6,17H,1H3,(H,14,15,16). The van der Waals surface area contributed by atoms with E-state index in [0.717, 1.165) is 30.6 Å². The number of nitrogens with one attached hydrogen (secondary N) is 2. The van der Waals surface area contributed by atoms with E-state index in [1.54, 1.807) is 7.05 Å². The van der Waals surface area contributed by atoms with Crippen molar-refractivity contribution >= 4 is 21.7 Å². The van der Waals surface area contributed by atoms with Crippen LogP contribution in [0.4, 0.5) is 20.4 Å². The Bertz CT molecular complexity index is 720. The fourth-order valence-electron chi connectivity index (χ4n) is 1.36. The number of hydrogen-bond acceptors (Lipinski definition) is 5. The first-order valence-electron chi connectivity index (χ1n) is 5.40. The van der Waals surface area contributed by atoms with E-state index >= 15 is 0 Å². The smallest absolute Gasteiger partial charge is 0.265 e. The molecular weight excluding hydrogens is 290 g/mol. The lowest BCUT2D eigenvalue weighted by atomic mass is 10.3. The Morgan fingerprint density at radius 1 is 1.15 bits per heavy atom. The summed E-state index contributed by atoms with van der Waals surface area (Å²) in [6, 6.07) is 2.46. The van der Waals surface area contributed by atoms with Gasteiger partial charge in [0.05, 0.1) is 18.1 Å². The predicted molar refractivity (Wildman–Crippen MR) is 68.7 cm³/mol. The zero-order chi connectivity index (χ0) is 14.8. The zero-order valence-electron chi connectivity index (χ0n) is 10.3. The van der Waals surface area contributed by atoms with Gasteiger partial charge >= 0.3 is 0 Å². The van der Waals surface area contributed by atoms with Crippen LogP contribution in [0, 0.1) is 11.6 Å². The Balaban J connectivity index is 2.32. The summed E-state index contributed by atoms with van der Waals surface area (Å²) in [6.07, 6.45) is 2.11. The second kappa shape index (κ2) is 5.37. The Labute approximate surface area is 113 Å². The molecule has 1 heterocycles. The predicted octanol–water partition coefficient (Wildman–Crippen LogP) is 1.60. The minimum atomic E-state index is -4.09. The molecule has 0 atom stereocenters. The van der Waals surface area contributed by atoms with Crippen LogP contribution in [0.2, 0.25) is 0 Å². The van der Waals surface area contributed by atoms with Crippen molar-refractivity contribution in [1.29, 1.82) is 0 Å². The third-order valence-electron chi connectivity index (χ3n) is 2.33. The average molecular weight is 300 g/mol. The van der Waals surface area contributed by atoms with E-state index in [4.69, 9.17) is 0 Å². The van der Waals surface area contributed by atoms with E-state index in [0.29, 0.717) is 0 Å². The molecule has 1 aromatic carbocycles. The number of hydrogen-bond donors (Lipinski definition) is 2. The lowest BCUT2D eigenvalue weighted by Gasteiger charge is -2.08. The highest BCUT2D eigenvalue weighted by Crippen LogP contribution is 2.19. The van der Waals surface area contributed by atoms with Crippen LogP contribution in [0.25, 0.3) is 0 Å². The highest BCUT2D eigenvalue weighted by molar-refractivity contribution is 7.92. The van der Waals surface area contributed by atoms with Gasteiger partial charge in [-0.25, -0.2) is 27.2 Å². The fraction of sp³-hybridized carbons (Fsp3) is 0.0909. The van der Waals surface area contributed by atoms with Crippen molar-refractivity contribution in [3.05, 3.63) is 42.2 Å². The molecule has 106 valence electrons. The maximum atomic E-state index is 13.4. The SMILES string of the molecule is CNc1ncc(S(=O)(=O)Nc2cc(F)ccc2F)cn1. The van der Waals surface area contributed by atoms with Gasteiger partial charge < -0.3 is 5.32 Å². The van der Waals surface area contributed by atoms with Crippen molar-refractivity contribution in [2.75, 3.05) is 17.1 Å². The first-order valence-corrected chi connectivity index (χ1v) is 6.88. The summed E-state index contributed by atoms with van der Waals surface area (Å²) >= 11 is 0. The monoisotopic (exact) mass is 300 g/mol. The van der Waals surface area contributed by atoms with Crippen LogP contribution in [0.3, 0.4) is 0 Å². The van der Waals surface area contributed by atoms with Gasteiger partial charge in [0.2, 0.25) is 5.95 Å². The molecule has 0 bridgehead atoms. The number of halogens is 2. The quantitative estimate of drug-likeness (QED) is 0.896. The van der Waals surface area contributed by atoms with Gasteiger partial charge in [-0.15, -0.1) is 0 Å². The van der Waals surface area contributed by atoms with Crippen LogP contribution in [0.1, 0.15) is 0 Å². The Morgan fingerprint density at radius 2 is 1.80 bits per heavy atom. The van der Waals surface area contributed by atoms with Crippen LogP contribution in [0.15, 0.2) is 35.5 Å². The number of nitrogens with zero attached hydrogens (tertiary/aromatic N) is 2. The number of benzene rings is 1. The van der Waals surface area contributed by atoms with Gasteiger partial charge in [0.1, 0.15) is 16.5 Å². The molecule has 0 saturated carbocycles. The molecule has 20 heavy (non-hydrogen) atoms. The highest BCUT2D eigenvalue weighted by atomic mass is 32.2. The molecule has 6 nitrogen and oxygen atoms in total. The topological polar surface area (TPSA) is 84.0 Å². The van der Waals surface area contributed by atoms with E-state index in [-0.39, 0.29) is 10.8 Å². The summed E-state index contributed by atoms with van der Waals surface area (Å²) in [7, 11) is -2.51. The largest absolute Gasteiger partial charge is 0.357 e. The van der Waals surface area contributed by atoms with Crippen molar-refractivity contribution in [2.24, 2.45) is 0 Å². The highest BCUT2D eigenvalue weighted by Gasteiger charge is 2.17. The van der Waals surface area contributed by atoms with Crippen molar-refractivity contribution < 1.29 is 17.2 Å². The number of sulfonamides is 1. The number of aromatic nitrogens is 2. The Kier molecular flexibility index (Phi) is 3.79. The first kappa shape index (κ1) is 14.1. The van der Waals surface area contributed by atoms with Gasteiger partial charge in [0.15, 0.2) is 0 Å². The summed E-state index contributed by atoms with van der Waals surface area (Å²) in [6.45, 7) is 0. The van der Waals surface area contributed by atoms with Gasteiger partial charge in [-0.1, -0.05) is 0 Å². The Hall–Kier alpha value is -2.29. The Morgan fingerprint density at radius 3 is 2.40 bits per heavy atom. The minimum absolute atomic E-state index is 0.237. The normalized spacial score (nSPS) is 11.2. The van der Waals surface area contributed by atoms with E-state index < -0.39 is 27.3 Å². The van der Waals surface area contributed by atoms with Gasteiger partial charge in [-0.2, -0.15) is 0 Å². The zero-order valence-corrected chi connectivity index (χ0v) is 11.1. The van der Waals surface area contributed by atoms with Gasteiger partial charge in [-0.3, -0.25) is 4.72 Å². The lowest BCUT2D eigenvalue weighted by Crippen LogP contribution is -2.15. The van der Waals surface area contributed by atoms with Gasteiger partial charge in [-0.05, 0) is 12.1 Å². The molecule has 0 amide bonds. The maximum Gasteiger partial charge on any atom is 0.265 e. The molecule has 0 radical (unpaired) electrons. The second-order valence-corrected chi connectivity index (χ2v) is 5.40. The van der Waals surface area contributed by atoms with Crippen LogP contribution in [-0.4, -0.2) is 25.4 Å². The van der Waals surface area contributed by atoms with E-state index in [1.807, 2.05) is 4.72 Å². The summed E-state index contributed by atoms with van der Waals surface area (Å²) in [4.78, 5) is 7.21. The van der Waals surface area contributed by atoms with Crippen molar-refractivity contribution in [1.82, 2.24) is 9.97 Å². The van der Waals surface area contributed by atoms with Crippen molar-refractivity contribution in [3.8, 4) is 0 Å². The molecule has 0 aliphatic rings. The van der Waals surface area contributed by atoms with E-state index in [9.17, 15) is 17.2 Å². The minimum Gasteiger partial charge on any atom is -0.357 e. The van der Waals surface area contributed by atoms with Crippen LogP contribution in [0.5, 0.6) is 0 Å². The molecule has 9 heteroatoms.